The Morgan fingerprint density at radius 3 is 2.86 bits per heavy atom. The van der Waals surface area contributed by atoms with E-state index in [1.54, 1.807) is 7.05 Å². The molecule has 2 atom stereocenters. The van der Waals surface area contributed by atoms with Crippen LogP contribution in [0.2, 0.25) is 0 Å². The molecular formula is C10H21N3O. The van der Waals surface area contributed by atoms with Crippen molar-refractivity contribution in [3.8, 4) is 0 Å². The molecule has 0 radical (unpaired) electrons. The first-order chi connectivity index (χ1) is 6.80. The Balaban J connectivity index is 2.37. The molecule has 0 aromatic carbocycles. The van der Waals surface area contributed by atoms with E-state index in [9.17, 15) is 0 Å². The van der Waals surface area contributed by atoms with Crippen LogP contribution in [-0.2, 0) is 0 Å². The maximum absolute atomic E-state index is 9.08. The second-order valence-corrected chi connectivity index (χ2v) is 3.88. The molecule has 4 nitrogen and oxygen atoms in total. The van der Waals surface area contributed by atoms with Crippen molar-refractivity contribution in [1.82, 2.24) is 10.6 Å². The molecule has 1 fully saturated rings. The van der Waals surface area contributed by atoms with Gasteiger partial charge in [0.25, 0.3) is 0 Å². The van der Waals surface area contributed by atoms with Crippen LogP contribution in [0.5, 0.6) is 0 Å². The van der Waals surface area contributed by atoms with Gasteiger partial charge >= 0.3 is 0 Å². The van der Waals surface area contributed by atoms with Gasteiger partial charge in [0, 0.05) is 26.7 Å². The first kappa shape index (κ1) is 11.3. The van der Waals surface area contributed by atoms with Gasteiger partial charge in [-0.3, -0.25) is 4.99 Å². The molecule has 82 valence electrons. The summed E-state index contributed by atoms with van der Waals surface area (Å²) in [6, 6.07) is 0.465. The molecule has 0 amide bonds. The molecule has 0 aromatic heterocycles. The highest BCUT2D eigenvalue weighted by atomic mass is 16.3. The van der Waals surface area contributed by atoms with Gasteiger partial charge in [0.1, 0.15) is 0 Å². The topological polar surface area (TPSA) is 56.7 Å². The lowest BCUT2D eigenvalue weighted by Gasteiger charge is -2.29. The summed E-state index contributed by atoms with van der Waals surface area (Å²) in [5.41, 5.74) is 0. The average molecular weight is 199 g/mol. The standard InChI is InChI=1S/C10H21N3O/c1-11-10(12-2)13-9-5-3-4-8(6-9)7-14/h8-9,14H,3-7H2,1-2H3,(H2,11,12,13). The Morgan fingerprint density at radius 1 is 1.50 bits per heavy atom. The summed E-state index contributed by atoms with van der Waals surface area (Å²) in [6.45, 7) is 0.316. The summed E-state index contributed by atoms with van der Waals surface area (Å²) in [4.78, 5) is 4.08. The number of hydrogen-bond acceptors (Lipinski definition) is 2. The summed E-state index contributed by atoms with van der Waals surface area (Å²) in [7, 11) is 3.63. The van der Waals surface area contributed by atoms with E-state index in [4.69, 9.17) is 5.11 Å². The molecule has 4 heteroatoms. The highest BCUT2D eigenvalue weighted by Gasteiger charge is 2.21. The van der Waals surface area contributed by atoms with Crippen LogP contribution in [0.25, 0.3) is 0 Å². The zero-order valence-electron chi connectivity index (χ0n) is 9.08. The highest BCUT2D eigenvalue weighted by molar-refractivity contribution is 5.79. The third kappa shape index (κ3) is 3.18. The summed E-state index contributed by atoms with van der Waals surface area (Å²) in [5.74, 6) is 1.31. The van der Waals surface area contributed by atoms with Gasteiger partial charge in [-0.15, -0.1) is 0 Å². The second kappa shape index (κ2) is 5.86. The van der Waals surface area contributed by atoms with Crippen molar-refractivity contribution in [2.75, 3.05) is 20.7 Å². The molecule has 0 spiro atoms. The summed E-state index contributed by atoms with van der Waals surface area (Å²) < 4.78 is 0. The Kier molecular flexibility index (Phi) is 4.73. The van der Waals surface area contributed by atoms with Crippen molar-refractivity contribution < 1.29 is 5.11 Å². The third-order valence-corrected chi connectivity index (χ3v) is 2.84. The minimum atomic E-state index is 0.316. The molecule has 0 aromatic rings. The van der Waals surface area contributed by atoms with Crippen LogP contribution in [0.4, 0.5) is 0 Å². The fraction of sp³-hybridized carbons (Fsp3) is 0.900. The quantitative estimate of drug-likeness (QED) is 0.444. The molecular weight excluding hydrogens is 178 g/mol. The maximum atomic E-state index is 9.08. The Morgan fingerprint density at radius 2 is 2.29 bits per heavy atom. The van der Waals surface area contributed by atoms with Crippen LogP contribution in [0, 0.1) is 5.92 Å². The summed E-state index contributed by atoms with van der Waals surface area (Å²) >= 11 is 0. The van der Waals surface area contributed by atoms with Crippen molar-refractivity contribution in [3.05, 3.63) is 0 Å². The van der Waals surface area contributed by atoms with Crippen molar-refractivity contribution in [2.45, 2.75) is 31.7 Å². The molecule has 1 saturated carbocycles. The van der Waals surface area contributed by atoms with E-state index in [0.717, 1.165) is 18.8 Å². The normalized spacial score (nSPS) is 28.6. The summed E-state index contributed by atoms with van der Waals surface area (Å²) in [6.07, 6.45) is 4.59. The monoisotopic (exact) mass is 199 g/mol. The van der Waals surface area contributed by atoms with E-state index in [1.165, 1.54) is 12.8 Å². The molecule has 2 unspecified atom stereocenters. The minimum Gasteiger partial charge on any atom is -0.396 e. The number of aliphatic imine (C=N–C) groups is 1. The van der Waals surface area contributed by atoms with E-state index >= 15 is 0 Å². The molecule has 0 heterocycles. The van der Waals surface area contributed by atoms with Crippen molar-refractivity contribution in [2.24, 2.45) is 10.9 Å². The zero-order valence-corrected chi connectivity index (χ0v) is 9.08. The van der Waals surface area contributed by atoms with E-state index in [0.29, 0.717) is 18.6 Å². The number of nitrogens with zero attached hydrogens (tertiary/aromatic N) is 1. The highest BCUT2D eigenvalue weighted by Crippen LogP contribution is 2.23. The smallest absolute Gasteiger partial charge is 0.190 e. The number of hydrogen-bond donors (Lipinski definition) is 3. The van der Waals surface area contributed by atoms with Crippen molar-refractivity contribution in [3.63, 3.8) is 0 Å². The van der Waals surface area contributed by atoms with E-state index < -0.39 is 0 Å². The molecule has 1 rings (SSSR count). The largest absolute Gasteiger partial charge is 0.396 e. The molecule has 0 bridgehead atoms. The fourth-order valence-electron chi connectivity index (χ4n) is 2.03. The number of aliphatic hydroxyl groups excluding tert-OH is 1. The van der Waals surface area contributed by atoms with Gasteiger partial charge in [0.05, 0.1) is 0 Å². The number of guanidine groups is 1. The Bertz CT molecular complexity index is 194. The zero-order chi connectivity index (χ0) is 10.4. The van der Waals surface area contributed by atoms with Gasteiger partial charge in [-0.05, 0) is 25.2 Å². The van der Waals surface area contributed by atoms with Crippen molar-refractivity contribution >= 4 is 5.96 Å². The van der Waals surface area contributed by atoms with Gasteiger partial charge in [0.15, 0.2) is 5.96 Å². The predicted molar refractivity (Wildman–Crippen MR) is 58.4 cm³/mol. The molecule has 0 aliphatic heterocycles. The van der Waals surface area contributed by atoms with Gasteiger partial charge in [-0.2, -0.15) is 0 Å². The molecule has 0 saturated heterocycles. The van der Waals surface area contributed by atoms with Gasteiger partial charge in [-0.1, -0.05) is 6.42 Å². The molecule has 14 heavy (non-hydrogen) atoms. The minimum absolute atomic E-state index is 0.316. The van der Waals surface area contributed by atoms with Crippen LogP contribution in [-0.4, -0.2) is 37.8 Å². The Hall–Kier alpha value is -0.770. The third-order valence-electron chi connectivity index (χ3n) is 2.84. The molecule has 3 N–H and O–H groups in total. The predicted octanol–water partition coefficient (Wildman–Crippen LogP) is 0.332. The first-order valence-electron chi connectivity index (χ1n) is 5.32. The maximum Gasteiger partial charge on any atom is 0.190 e. The first-order valence-corrected chi connectivity index (χ1v) is 5.32. The van der Waals surface area contributed by atoms with E-state index in [1.807, 2.05) is 7.05 Å². The van der Waals surface area contributed by atoms with Gasteiger partial charge < -0.3 is 15.7 Å². The molecule has 1 aliphatic carbocycles. The number of aliphatic hydroxyl groups is 1. The average Bonchev–Trinajstić information content (AvgIpc) is 2.26. The SMILES string of the molecule is CN=C(NC)NC1CCCC(CO)C1. The summed E-state index contributed by atoms with van der Waals surface area (Å²) in [5, 5.41) is 15.4. The second-order valence-electron chi connectivity index (χ2n) is 3.88. The lowest BCUT2D eigenvalue weighted by atomic mass is 9.86. The van der Waals surface area contributed by atoms with Crippen LogP contribution < -0.4 is 10.6 Å². The number of nitrogens with one attached hydrogen (secondary N) is 2. The van der Waals surface area contributed by atoms with Crippen LogP contribution >= 0.6 is 0 Å². The van der Waals surface area contributed by atoms with Crippen LogP contribution in [0.1, 0.15) is 25.7 Å². The van der Waals surface area contributed by atoms with E-state index in [-0.39, 0.29) is 0 Å². The lowest BCUT2D eigenvalue weighted by molar-refractivity contribution is 0.176. The van der Waals surface area contributed by atoms with Crippen molar-refractivity contribution in [1.29, 1.82) is 0 Å². The number of rotatable bonds is 2. The fourth-order valence-corrected chi connectivity index (χ4v) is 2.03. The van der Waals surface area contributed by atoms with Crippen LogP contribution in [0.15, 0.2) is 4.99 Å². The van der Waals surface area contributed by atoms with Gasteiger partial charge in [-0.25, -0.2) is 0 Å². The molecule has 1 aliphatic rings. The Labute approximate surface area is 85.8 Å². The van der Waals surface area contributed by atoms with Gasteiger partial charge in [0.2, 0.25) is 0 Å². The lowest BCUT2D eigenvalue weighted by Crippen LogP contribution is -2.44. The van der Waals surface area contributed by atoms with E-state index in [2.05, 4.69) is 15.6 Å². The van der Waals surface area contributed by atoms with Crippen LogP contribution in [0.3, 0.4) is 0 Å².